The Morgan fingerprint density at radius 1 is 1.44 bits per heavy atom. The molecule has 0 atom stereocenters. The molecule has 2 N–H and O–H groups in total. The number of benzene rings is 1. The van der Waals surface area contributed by atoms with Crippen molar-refractivity contribution in [1.29, 1.82) is 0 Å². The number of nitrogens with zero attached hydrogens (tertiary/aromatic N) is 2. The van der Waals surface area contributed by atoms with E-state index in [2.05, 4.69) is 20.5 Å². The molecule has 82 valence electrons. The smallest absolute Gasteiger partial charge is 0.161 e. The van der Waals surface area contributed by atoms with Gasteiger partial charge in [0.05, 0.1) is 29.0 Å². The number of thioether (sulfide) groups is 1. The van der Waals surface area contributed by atoms with Gasteiger partial charge in [-0.3, -0.25) is 10.1 Å². The van der Waals surface area contributed by atoms with Gasteiger partial charge >= 0.3 is 0 Å². The molecular formula is C10H9ClN4S. The second kappa shape index (κ2) is 3.99. The second-order valence-electron chi connectivity index (χ2n) is 3.42. The minimum atomic E-state index is 0.682. The minimum Gasteiger partial charge on any atom is -0.334 e. The number of rotatable bonds is 1. The molecule has 0 saturated heterocycles. The average Bonchev–Trinajstić information content (AvgIpc) is 2.93. The average molecular weight is 253 g/mol. The van der Waals surface area contributed by atoms with Crippen LogP contribution in [0.15, 0.2) is 23.3 Å². The highest BCUT2D eigenvalue weighted by atomic mass is 35.5. The summed E-state index contributed by atoms with van der Waals surface area (Å²) in [6.45, 7) is 0.874. The van der Waals surface area contributed by atoms with Crippen LogP contribution < -0.4 is 5.32 Å². The van der Waals surface area contributed by atoms with Crippen molar-refractivity contribution in [2.24, 2.45) is 4.99 Å². The van der Waals surface area contributed by atoms with Crippen molar-refractivity contribution in [3.63, 3.8) is 0 Å². The molecule has 0 bridgehead atoms. The Hall–Kier alpha value is -1.20. The fraction of sp³-hybridized carbons (Fsp3) is 0.200. The Labute approximate surface area is 101 Å². The molecule has 0 saturated carbocycles. The summed E-state index contributed by atoms with van der Waals surface area (Å²) in [6, 6.07) is 3.89. The van der Waals surface area contributed by atoms with Crippen molar-refractivity contribution in [2.45, 2.75) is 0 Å². The topological polar surface area (TPSA) is 53.1 Å². The normalized spacial score (nSPS) is 15.4. The van der Waals surface area contributed by atoms with Gasteiger partial charge in [0.15, 0.2) is 5.17 Å². The van der Waals surface area contributed by atoms with E-state index in [0.29, 0.717) is 5.02 Å². The Morgan fingerprint density at radius 2 is 2.38 bits per heavy atom. The van der Waals surface area contributed by atoms with E-state index in [1.807, 2.05) is 12.1 Å². The van der Waals surface area contributed by atoms with Crippen molar-refractivity contribution in [1.82, 2.24) is 10.2 Å². The van der Waals surface area contributed by atoms with Crippen LogP contribution in [0.2, 0.25) is 5.02 Å². The van der Waals surface area contributed by atoms with Crippen LogP contribution in [-0.2, 0) is 0 Å². The first-order valence-corrected chi connectivity index (χ1v) is 6.27. The molecule has 0 spiro atoms. The highest BCUT2D eigenvalue weighted by Gasteiger charge is 2.11. The van der Waals surface area contributed by atoms with Crippen molar-refractivity contribution in [3.05, 3.63) is 23.4 Å². The molecule has 4 nitrogen and oxygen atoms in total. The van der Waals surface area contributed by atoms with Crippen LogP contribution in [0.3, 0.4) is 0 Å². The molecule has 0 radical (unpaired) electrons. The molecule has 0 fully saturated rings. The van der Waals surface area contributed by atoms with Gasteiger partial charge in [0.2, 0.25) is 0 Å². The maximum Gasteiger partial charge on any atom is 0.161 e. The first-order valence-electron chi connectivity index (χ1n) is 4.90. The van der Waals surface area contributed by atoms with Gasteiger partial charge in [-0.15, -0.1) is 0 Å². The zero-order valence-corrected chi connectivity index (χ0v) is 9.90. The van der Waals surface area contributed by atoms with Crippen molar-refractivity contribution < 1.29 is 0 Å². The van der Waals surface area contributed by atoms with Crippen LogP contribution >= 0.6 is 23.4 Å². The second-order valence-corrected chi connectivity index (χ2v) is 4.88. The van der Waals surface area contributed by atoms with Gasteiger partial charge in [0, 0.05) is 11.1 Å². The molecule has 2 aromatic rings. The van der Waals surface area contributed by atoms with Gasteiger partial charge in [-0.25, -0.2) is 0 Å². The first kappa shape index (κ1) is 9.99. The number of hydrogen-bond donors (Lipinski definition) is 2. The van der Waals surface area contributed by atoms with Crippen LogP contribution in [0.5, 0.6) is 0 Å². The molecular weight excluding hydrogens is 244 g/mol. The summed E-state index contributed by atoms with van der Waals surface area (Å²) in [7, 11) is 0. The summed E-state index contributed by atoms with van der Waals surface area (Å²) in [5, 5.41) is 12.6. The summed E-state index contributed by atoms with van der Waals surface area (Å²) >= 11 is 7.98. The fourth-order valence-corrected chi connectivity index (χ4v) is 2.61. The molecule has 0 aliphatic carbocycles. The predicted molar refractivity (Wildman–Crippen MR) is 69.5 cm³/mol. The van der Waals surface area contributed by atoms with Crippen LogP contribution in [-0.4, -0.2) is 27.7 Å². The Kier molecular flexibility index (Phi) is 2.49. The number of hydrogen-bond acceptors (Lipinski definition) is 4. The minimum absolute atomic E-state index is 0.682. The maximum atomic E-state index is 6.27. The third-order valence-corrected chi connectivity index (χ3v) is 3.68. The van der Waals surface area contributed by atoms with E-state index >= 15 is 0 Å². The molecule has 2 heterocycles. The van der Waals surface area contributed by atoms with E-state index in [-0.39, 0.29) is 0 Å². The monoisotopic (exact) mass is 252 g/mol. The number of aromatic nitrogens is 2. The SMILES string of the molecule is Clc1c(NC2=NCCS2)ccc2[nH]ncc12. The summed E-state index contributed by atoms with van der Waals surface area (Å²) in [5.74, 6) is 1.04. The Balaban J connectivity index is 1.99. The lowest BCUT2D eigenvalue weighted by Gasteiger charge is -2.07. The van der Waals surface area contributed by atoms with Gasteiger partial charge in [-0.05, 0) is 12.1 Å². The van der Waals surface area contributed by atoms with Gasteiger partial charge < -0.3 is 5.32 Å². The van der Waals surface area contributed by atoms with Crippen LogP contribution in [0.4, 0.5) is 5.69 Å². The van der Waals surface area contributed by atoms with Crippen molar-refractivity contribution in [2.75, 3.05) is 17.6 Å². The zero-order chi connectivity index (χ0) is 11.0. The van der Waals surface area contributed by atoms with Crippen molar-refractivity contribution >= 4 is 45.1 Å². The summed E-state index contributed by atoms with van der Waals surface area (Å²) in [5.41, 5.74) is 1.82. The maximum absolute atomic E-state index is 6.27. The van der Waals surface area contributed by atoms with Crippen LogP contribution in [0.25, 0.3) is 10.9 Å². The van der Waals surface area contributed by atoms with Gasteiger partial charge in [0.25, 0.3) is 0 Å². The first-order chi connectivity index (χ1) is 7.84. The van der Waals surface area contributed by atoms with Gasteiger partial charge in [-0.2, -0.15) is 5.10 Å². The Morgan fingerprint density at radius 3 is 3.19 bits per heavy atom. The van der Waals surface area contributed by atoms with Crippen LogP contribution in [0, 0.1) is 0 Å². The van der Waals surface area contributed by atoms with E-state index in [0.717, 1.165) is 34.1 Å². The number of aromatic amines is 1. The third kappa shape index (κ3) is 1.66. The molecule has 1 aliphatic rings. The van der Waals surface area contributed by atoms with E-state index < -0.39 is 0 Å². The van der Waals surface area contributed by atoms with Crippen molar-refractivity contribution in [3.8, 4) is 0 Å². The molecule has 1 aliphatic heterocycles. The molecule has 6 heteroatoms. The lowest BCUT2D eigenvalue weighted by molar-refractivity contribution is 1.12. The van der Waals surface area contributed by atoms with E-state index in [1.165, 1.54) is 0 Å². The quantitative estimate of drug-likeness (QED) is 0.821. The number of amidine groups is 1. The van der Waals surface area contributed by atoms with E-state index in [4.69, 9.17) is 11.6 Å². The number of aliphatic imine (C=N–C) groups is 1. The van der Waals surface area contributed by atoms with E-state index in [9.17, 15) is 0 Å². The zero-order valence-electron chi connectivity index (χ0n) is 8.33. The summed E-state index contributed by atoms with van der Waals surface area (Å²) in [4.78, 5) is 4.33. The number of anilines is 1. The summed E-state index contributed by atoms with van der Waals surface area (Å²) in [6.07, 6.45) is 1.73. The van der Waals surface area contributed by atoms with Gasteiger partial charge in [0.1, 0.15) is 0 Å². The molecule has 1 aromatic heterocycles. The summed E-state index contributed by atoms with van der Waals surface area (Å²) < 4.78 is 0. The molecule has 16 heavy (non-hydrogen) atoms. The molecule has 0 amide bonds. The van der Waals surface area contributed by atoms with Gasteiger partial charge in [-0.1, -0.05) is 23.4 Å². The number of halogens is 1. The Bertz CT molecular complexity index is 563. The number of H-pyrrole nitrogens is 1. The largest absolute Gasteiger partial charge is 0.334 e. The predicted octanol–water partition coefficient (Wildman–Crippen LogP) is 2.73. The number of fused-ring (bicyclic) bond motifs is 1. The fourth-order valence-electron chi connectivity index (χ4n) is 1.61. The highest BCUT2D eigenvalue weighted by molar-refractivity contribution is 8.14. The van der Waals surface area contributed by atoms with Crippen LogP contribution in [0.1, 0.15) is 0 Å². The molecule has 1 aromatic carbocycles. The molecule has 3 rings (SSSR count). The molecule has 0 unspecified atom stereocenters. The highest BCUT2D eigenvalue weighted by Crippen LogP contribution is 2.30. The standard InChI is InChI=1S/C10H9ClN4S/c11-9-6-5-13-15-7(6)1-2-8(9)14-10-12-3-4-16-10/h1-2,5H,3-4H2,(H,12,14)(H,13,15). The lowest BCUT2D eigenvalue weighted by Crippen LogP contribution is -2.05. The third-order valence-electron chi connectivity index (χ3n) is 2.39. The lowest BCUT2D eigenvalue weighted by atomic mass is 10.2. The number of nitrogens with one attached hydrogen (secondary N) is 2. The van der Waals surface area contributed by atoms with E-state index in [1.54, 1.807) is 18.0 Å².